The minimum Gasteiger partial charge on any atom is -0.373 e. The molecule has 0 bridgehead atoms. The van der Waals surface area contributed by atoms with Crippen LogP contribution < -0.4 is 5.32 Å². The lowest BCUT2D eigenvalue weighted by Gasteiger charge is -2.34. The maximum Gasteiger partial charge on any atom is 0.251 e. The molecule has 1 aromatic rings. The number of carbonyl (C=O) groups is 1. The molecule has 0 aromatic heterocycles. The highest BCUT2D eigenvalue weighted by molar-refractivity contribution is 7.89. The fraction of sp³-hybridized carbons (Fsp3) is 0.562. The number of ether oxygens (including phenoxy) is 1. The number of sulfonamides is 1. The monoisotopic (exact) mass is 340 g/mol. The molecule has 2 atom stereocenters. The molecule has 1 fully saturated rings. The zero-order valence-corrected chi connectivity index (χ0v) is 14.6. The van der Waals surface area contributed by atoms with Gasteiger partial charge < -0.3 is 10.1 Å². The van der Waals surface area contributed by atoms with Crippen molar-refractivity contribution in [2.45, 2.75) is 44.3 Å². The number of hydrogen-bond acceptors (Lipinski definition) is 4. The van der Waals surface area contributed by atoms with E-state index in [2.05, 4.69) is 5.32 Å². The summed E-state index contributed by atoms with van der Waals surface area (Å²) in [7, 11) is -3.63. The first-order valence-corrected chi connectivity index (χ1v) is 9.32. The summed E-state index contributed by atoms with van der Waals surface area (Å²) in [5, 5.41) is 2.75. The van der Waals surface area contributed by atoms with Crippen molar-refractivity contribution in [1.29, 1.82) is 0 Å². The van der Waals surface area contributed by atoms with Gasteiger partial charge in [0, 0.05) is 25.2 Å². The molecule has 2 unspecified atom stereocenters. The van der Waals surface area contributed by atoms with Crippen LogP contribution in [0.2, 0.25) is 0 Å². The summed E-state index contributed by atoms with van der Waals surface area (Å²) < 4.78 is 32.6. The normalized spacial score (nSPS) is 22.7. The second kappa shape index (κ2) is 7.42. The smallest absolute Gasteiger partial charge is 0.251 e. The van der Waals surface area contributed by atoms with Crippen LogP contribution in [0.4, 0.5) is 0 Å². The Hall–Kier alpha value is -1.44. The highest BCUT2D eigenvalue weighted by Gasteiger charge is 2.32. The average Bonchev–Trinajstić information content (AvgIpc) is 2.51. The lowest BCUT2D eigenvalue weighted by molar-refractivity contribution is -0.0440. The molecule has 0 saturated carbocycles. The molecule has 1 aromatic carbocycles. The van der Waals surface area contributed by atoms with Crippen molar-refractivity contribution >= 4 is 15.9 Å². The molecule has 0 aliphatic carbocycles. The van der Waals surface area contributed by atoms with Crippen molar-refractivity contribution in [3.63, 3.8) is 0 Å². The lowest BCUT2D eigenvalue weighted by Crippen LogP contribution is -2.48. The van der Waals surface area contributed by atoms with Gasteiger partial charge in [0.25, 0.3) is 5.91 Å². The zero-order chi connectivity index (χ0) is 17.0. The Morgan fingerprint density at radius 2 is 1.96 bits per heavy atom. The highest BCUT2D eigenvalue weighted by atomic mass is 32.2. The van der Waals surface area contributed by atoms with E-state index < -0.39 is 10.0 Å². The zero-order valence-electron chi connectivity index (χ0n) is 13.8. The minimum absolute atomic E-state index is 0.142. The van der Waals surface area contributed by atoms with Crippen LogP contribution in [0.15, 0.2) is 29.2 Å². The number of amides is 1. The van der Waals surface area contributed by atoms with Gasteiger partial charge >= 0.3 is 0 Å². The van der Waals surface area contributed by atoms with Crippen LogP contribution in [0.1, 0.15) is 37.6 Å². The van der Waals surface area contributed by atoms with Crippen molar-refractivity contribution in [1.82, 2.24) is 9.62 Å². The molecule has 1 aliphatic rings. The number of morpholine rings is 1. The second-order valence-corrected chi connectivity index (χ2v) is 7.80. The quantitative estimate of drug-likeness (QED) is 0.884. The van der Waals surface area contributed by atoms with E-state index in [0.29, 0.717) is 25.2 Å². The lowest BCUT2D eigenvalue weighted by atomic mass is 10.2. The summed E-state index contributed by atoms with van der Waals surface area (Å²) in [6.45, 7) is 6.87. The first-order valence-electron chi connectivity index (χ1n) is 7.88. The van der Waals surface area contributed by atoms with E-state index in [4.69, 9.17) is 4.74 Å². The summed E-state index contributed by atoms with van der Waals surface area (Å²) in [5.41, 5.74) is 0.355. The third kappa shape index (κ3) is 4.31. The Balaban J connectivity index is 2.24. The van der Waals surface area contributed by atoms with E-state index in [1.807, 2.05) is 20.8 Å². The fourth-order valence-corrected chi connectivity index (χ4v) is 4.25. The van der Waals surface area contributed by atoms with Crippen molar-refractivity contribution in [2.24, 2.45) is 0 Å². The van der Waals surface area contributed by atoms with Crippen molar-refractivity contribution in [3.05, 3.63) is 29.8 Å². The molecule has 2 rings (SSSR count). The number of rotatable bonds is 5. The molecule has 1 N–H and O–H groups in total. The van der Waals surface area contributed by atoms with Crippen LogP contribution in [0, 0.1) is 0 Å². The predicted molar refractivity (Wildman–Crippen MR) is 87.8 cm³/mol. The standard InChI is InChI=1S/C16H24N2O4S/c1-4-8-17-16(19)14-6-5-7-15(9-14)23(20,21)18-10-12(2)22-13(3)11-18/h5-7,9,12-13H,4,8,10-11H2,1-3H3,(H,17,19). The van der Waals surface area contributed by atoms with Gasteiger partial charge in [-0.15, -0.1) is 0 Å². The molecule has 1 aliphatic heterocycles. The van der Waals surface area contributed by atoms with E-state index >= 15 is 0 Å². The second-order valence-electron chi connectivity index (χ2n) is 5.86. The SMILES string of the molecule is CCCNC(=O)c1cccc(S(=O)(=O)N2CC(C)OC(C)C2)c1. The molecule has 1 heterocycles. The van der Waals surface area contributed by atoms with E-state index in [1.165, 1.54) is 16.4 Å². The van der Waals surface area contributed by atoms with Gasteiger partial charge in [0.2, 0.25) is 10.0 Å². The average molecular weight is 340 g/mol. The third-order valence-electron chi connectivity index (χ3n) is 3.66. The number of nitrogens with one attached hydrogen (secondary N) is 1. The van der Waals surface area contributed by atoms with Gasteiger partial charge in [-0.2, -0.15) is 4.31 Å². The first kappa shape index (κ1) is 17.9. The molecule has 6 nitrogen and oxygen atoms in total. The molecule has 1 saturated heterocycles. The Kier molecular flexibility index (Phi) is 5.78. The summed E-state index contributed by atoms with van der Waals surface area (Å²) in [5.74, 6) is -0.257. The minimum atomic E-state index is -3.63. The summed E-state index contributed by atoms with van der Waals surface area (Å²) in [4.78, 5) is 12.2. The highest BCUT2D eigenvalue weighted by Crippen LogP contribution is 2.21. The molecule has 128 valence electrons. The molecular weight excluding hydrogens is 316 g/mol. The van der Waals surface area contributed by atoms with Crippen molar-refractivity contribution in [2.75, 3.05) is 19.6 Å². The molecule has 23 heavy (non-hydrogen) atoms. The molecule has 0 radical (unpaired) electrons. The van der Waals surface area contributed by atoms with Gasteiger partial charge in [0.15, 0.2) is 0 Å². The van der Waals surface area contributed by atoms with E-state index in [1.54, 1.807) is 12.1 Å². The fourth-order valence-electron chi connectivity index (χ4n) is 2.61. The van der Waals surface area contributed by atoms with Crippen LogP contribution in [-0.4, -0.2) is 50.5 Å². The van der Waals surface area contributed by atoms with Gasteiger partial charge in [0.05, 0.1) is 17.1 Å². The van der Waals surface area contributed by atoms with Crippen molar-refractivity contribution < 1.29 is 17.9 Å². The molecule has 1 amide bonds. The number of nitrogens with zero attached hydrogens (tertiary/aromatic N) is 1. The Bertz CT molecular complexity index is 650. The number of benzene rings is 1. The van der Waals surface area contributed by atoms with E-state index in [9.17, 15) is 13.2 Å². The van der Waals surface area contributed by atoms with Gasteiger partial charge in [-0.1, -0.05) is 13.0 Å². The maximum atomic E-state index is 12.8. The van der Waals surface area contributed by atoms with E-state index in [0.717, 1.165) is 6.42 Å². The Morgan fingerprint density at radius 3 is 2.57 bits per heavy atom. The predicted octanol–water partition coefficient (Wildman–Crippen LogP) is 1.62. The largest absolute Gasteiger partial charge is 0.373 e. The molecule has 0 spiro atoms. The van der Waals surface area contributed by atoms with Crippen LogP contribution in [0.3, 0.4) is 0 Å². The molecular formula is C16H24N2O4S. The summed E-state index contributed by atoms with van der Waals surface area (Å²) in [6.07, 6.45) is 0.530. The van der Waals surface area contributed by atoms with Gasteiger partial charge in [-0.25, -0.2) is 8.42 Å². The van der Waals surface area contributed by atoms with Crippen LogP contribution in [0.25, 0.3) is 0 Å². The number of carbonyl (C=O) groups excluding carboxylic acids is 1. The molecule has 7 heteroatoms. The van der Waals surface area contributed by atoms with E-state index in [-0.39, 0.29) is 23.0 Å². The van der Waals surface area contributed by atoms with Gasteiger partial charge in [0.1, 0.15) is 0 Å². The Morgan fingerprint density at radius 1 is 1.30 bits per heavy atom. The van der Waals surface area contributed by atoms with Crippen LogP contribution >= 0.6 is 0 Å². The van der Waals surface area contributed by atoms with Crippen LogP contribution in [0.5, 0.6) is 0 Å². The van der Waals surface area contributed by atoms with Gasteiger partial charge in [-0.05, 0) is 38.5 Å². The topological polar surface area (TPSA) is 75.7 Å². The van der Waals surface area contributed by atoms with Gasteiger partial charge in [-0.3, -0.25) is 4.79 Å². The third-order valence-corrected chi connectivity index (χ3v) is 5.48. The summed E-state index contributed by atoms with van der Waals surface area (Å²) >= 11 is 0. The maximum absolute atomic E-state index is 12.8. The first-order chi connectivity index (χ1) is 10.8. The summed E-state index contributed by atoms with van der Waals surface area (Å²) in [6, 6.07) is 6.18. The van der Waals surface area contributed by atoms with Crippen molar-refractivity contribution in [3.8, 4) is 0 Å². The Labute approximate surface area is 137 Å². The van der Waals surface area contributed by atoms with Crippen LogP contribution in [-0.2, 0) is 14.8 Å². The number of hydrogen-bond donors (Lipinski definition) is 1.